The van der Waals surface area contributed by atoms with Gasteiger partial charge in [0.15, 0.2) is 27.3 Å². The van der Waals surface area contributed by atoms with Crippen LogP contribution in [0, 0.1) is 17.5 Å². The number of anilines is 1. The first-order valence-electron chi connectivity index (χ1n) is 7.02. The Morgan fingerprint density at radius 3 is 2.36 bits per heavy atom. The Labute approximate surface area is 142 Å². The average molecular weight is 373 g/mol. The normalized spacial score (nSPS) is 11.2. The second kappa shape index (κ2) is 7.56. The molecule has 1 N–H and O–H groups in total. The molecule has 0 aromatic heterocycles. The number of nitrogens with one attached hydrogen (secondary N) is 1. The van der Waals surface area contributed by atoms with Crippen LogP contribution < -0.4 is 10.1 Å². The SMILES string of the molecule is CS(=O)(=O)CCOc1cccc(NC(=O)c2cc(F)c(F)c(F)c2)c1. The topological polar surface area (TPSA) is 72.5 Å². The van der Waals surface area contributed by atoms with E-state index in [9.17, 15) is 26.4 Å². The van der Waals surface area contributed by atoms with Gasteiger partial charge >= 0.3 is 0 Å². The summed E-state index contributed by atoms with van der Waals surface area (Å²) in [5.74, 6) is -5.30. The van der Waals surface area contributed by atoms with Crippen molar-refractivity contribution in [1.82, 2.24) is 0 Å². The molecule has 0 fully saturated rings. The number of amides is 1. The Balaban J connectivity index is 2.07. The quantitative estimate of drug-likeness (QED) is 0.791. The van der Waals surface area contributed by atoms with E-state index in [-0.39, 0.29) is 23.6 Å². The number of sulfone groups is 1. The van der Waals surface area contributed by atoms with Crippen LogP contribution in [-0.2, 0) is 9.84 Å². The smallest absolute Gasteiger partial charge is 0.255 e. The van der Waals surface area contributed by atoms with Gasteiger partial charge in [0.1, 0.15) is 12.4 Å². The van der Waals surface area contributed by atoms with Crippen molar-refractivity contribution in [3.05, 3.63) is 59.4 Å². The molecule has 0 aliphatic heterocycles. The minimum absolute atomic E-state index is 0.0649. The van der Waals surface area contributed by atoms with Crippen molar-refractivity contribution < 1.29 is 31.1 Å². The van der Waals surface area contributed by atoms with Gasteiger partial charge in [0.2, 0.25) is 0 Å². The lowest BCUT2D eigenvalue weighted by Gasteiger charge is -2.09. The molecule has 0 radical (unpaired) electrons. The Morgan fingerprint density at radius 2 is 1.76 bits per heavy atom. The molecular weight excluding hydrogens is 359 g/mol. The minimum Gasteiger partial charge on any atom is -0.492 e. The molecule has 0 aliphatic carbocycles. The summed E-state index contributed by atoms with van der Waals surface area (Å²) < 4.78 is 66.6. The molecule has 0 heterocycles. The van der Waals surface area contributed by atoms with Crippen LogP contribution in [0.1, 0.15) is 10.4 Å². The van der Waals surface area contributed by atoms with E-state index in [1.165, 1.54) is 18.2 Å². The lowest BCUT2D eigenvalue weighted by molar-refractivity contribution is 0.102. The highest BCUT2D eigenvalue weighted by molar-refractivity contribution is 7.90. The standard InChI is InChI=1S/C16H14F3NO4S/c1-25(22,23)6-5-24-12-4-2-3-11(9-12)20-16(21)10-7-13(17)15(19)14(18)8-10/h2-4,7-9H,5-6H2,1H3,(H,20,21). The van der Waals surface area contributed by atoms with Gasteiger partial charge in [0.25, 0.3) is 5.91 Å². The fourth-order valence-electron chi connectivity index (χ4n) is 1.86. The van der Waals surface area contributed by atoms with E-state index in [0.717, 1.165) is 6.26 Å². The maximum absolute atomic E-state index is 13.2. The summed E-state index contributed by atoms with van der Waals surface area (Å²) >= 11 is 0. The Morgan fingerprint density at radius 1 is 1.12 bits per heavy atom. The highest BCUT2D eigenvalue weighted by atomic mass is 32.2. The Bertz CT molecular complexity index is 877. The monoisotopic (exact) mass is 373 g/mol. The number of hydrogen-bond acceptors (Lipinski definition) is 4. The lowest BCUT2D eigenvalue weighted by atomic mass is 10.2. The molecule has 0 unspecified atom stereocenters. The molecule has 0 spiro atoms. The van der Waals surface area contributed by atoms with E-state index in [2.05, 4.69) is 5.32 Å². The van der Waals surface area contributed by atoms with E-state index < -0.39 is 33.2 Å². The van der Waals surface area contributed by atoms with E-state index in [1.807, 2.05) is 0 Å². The van der Waals surface area contributed by atoms with Crippen LogP contribution in [0.25, 0.3) is 0 Å². The maximum atomic E-state index is 13.2. The number of ether oxygens (including phenoxy) is 1. The van der Waals surface area contributed by atoms with Gasteiger partial charge in [-0.05, 0) is 24.3 Å². The van der Waals surface area contributed by atoms with Crippen molar-refractivity contribution in [3.63, 3.8) is 0 Å². The fourth-order valence-corrected chi connectivity index (χ4v) is 2.25. The zero-order valence-electron chi connectivity index (χ0n) is 13.1. The van der Waals surface area contributed by atoms with Crippen LogP contribution in [0.3, 0.4) is 0 Å². The summed E-state index contributed by atoms with van der Waals surface area (Å²) in [7, 11) is -3.17. The summed E-state index contributed by atoms with van der Waals surface area (Å²) in [5.41, 5.74) is -0.133. The first kappa shape index (κ1) is 18.8. The van der Waals surface area contributed by atoms with Gasteiger partial charge in [0.05, 0.1) is 5.75 Å². The third-order valence-corrected chi connectivity index (χ3v) is 3.97. The van der Waals surface area contributed by atoms with Gasteiger partial charge in [-0.15, -0.1) is 0 Å². The third-order valence-electron chi connectivity index (χ3n) is 3.06. The molecule has 2 aromatic carbocycles. The van der Waals surface area contributed by atoms with Crippen molar-refractivity contribution in [2.24, 2.45) is 0 Å². The van der Waals surface area contributed by atoms with Crippen LogP contribution in [-0.4, -0.2) is 32.9 Å². The molecule has 25 heavy (non-hydrogen) atoms. The number of hydrogen-bond donors (Lipinski definition) is 1. The Kier molecular flexibility index (Phi) is 5.68. The Hall–Kier alpha value is -2.55. The molecule has 134 valence electrons. The van der Waals surface area contributed by atoms with Crippen LogP contribution in [0.15, 0.2) is 36.4 Å². The van der Waals surface area contributed by atoms with E-state index in [4.69, 9.17) is 4.74 Å². The maximum Gasteiger partial charge on any atom is 0.255 e. The summed E-state index contributed by atoms with van der Waals surface area (Å²) in [6, 6.07) is 7.17. The van der Waals surface area contributed by atoms with Crippen molar-refractivity contribution in [1.29, 1.82) is 0 Å². The molecule has 9 heteroatoms. The van der Waals surface area contributed by atoms with Crippen LogP contribution in [0.2, 0.25) is 0 Å². The van der Waals surface area contributed by atoms with Crippen molar-refractivity contribution >= 4 is 21.4 Å². The highest BCUT2D eigenvalue weighted by Crippen LogP contribution is 2.19. The summed E-state index contributed by atoms with van der Waals surface area (Å²) in [6.07, 6.45) is 1.08. The second-order valence-corrected chi connectivity index (χ2v) is 7.47. The van der Waals surface area contributed by atoms with Gasteiger partial charge in [0, 0.05) is 23.6 Å². The van der Waals surface area contributed by atoms with E-state index in [1.54, 1.807) is 6.07 Å². The predicted molar refractivity (Wildman–Crippen MR) is 85.9 cm³/mol. The minimum atomic E-state index is -3.17. The molecule has 5 nitrogen and oxygen atoms in total. The molecule has 0 saturated carbocycles. The van der Waals surface area contributed by atoms with E-state index in [0.29, 0.717) is 17.9 Å². The molecule has 1 amide bonds. The average Bonchev–Trinajstić information content (AvgIpc) is 2.51. The van der Waals surface area contributed by atoms with Gasteiger partial charge in [-0.2, -0.15) is 0 Å². The third kappa shape index (κ3) is 5.49. The molecular formula is C16H14F3NO4S. The van der Waals surface area contributed by atoms with Gasteiger partial charge in [-0.25, -0.2) is 21.6 Å². The first-order chi connectivity index (χ1) is 11.7. The lowest BCUT2D eigenvalue weighted by Crippen LogP contribution is -2.14. The summed E-state index contributed by atoms with van der Waals surface area (Å²) in [4.78, 5) is 12.0. The van der Waals surface area contributed by atoms with Crippen molar-refractivity contribution in [3.8, 4) is 5.75 Å². The van der Waals surface area contributed by atoms with E-state index >= 15 is 0 Å². The zero-order valence-corrected chi connectivity index (χ0v) is 13.9. The number of halogens is 3. The van der Waals surface area contributed by atoms with Crippen LogP contribution in [0.4, 0.5) is 18.9 Å². The molecule has 0 atom stereocenters. The van der Waals surface area contributed by atoms with Crippen LogP contribution >= 0.6 is 0 Å². The molecule has 0 bridgehead atoms. The number of benzene rings is 2. The molecule has 2 rings (SSSR count). The summed E-state index contributed by atoms with van der Waals surface area (Å²) in [5, 5.41) is 2.39. The highest BCUT2D eigenvalue weighted by Gasteiger charge is 2.15. The fraction of sp³-hybridized carbons (Fsp3) is 0.188. The van der Waals surface area contributed by atoms with Gasteiger partial charge < -0.3 is 10.1 Å². The molecule has 0 aliphatic rings. The molecule has 2 aromatic rings. The second-order valence-electron chi connectivity index (χ2n) is 5.21. The van der Waals surface area contributed by atoms with Gasteiger partial charge in [-0.1, -0.05) is 6.07 Å². The predicted octanol–water partition coefficient (Wildman–Crippen LogP) is 2.78. The first-order valence-corrected chi connectivity index (χ1v) is 9.08. The number of carbonyl (C=O) groups is 1. The largest absolute Gasteiger partial charge is 0.492 e. The summed E-state index contributed by atoms with van der Waals surface area (Å²) in [6.45, 7) is -0.0649. The van der Waals surface area contributed by atoms with Crippen LogP contribution in [0.5, 0.6) is 5.75 Å². The van der Waals surface area contributed by atoms with Crippen molar-refractivity contribution in [2.75, 3.05) is 23.9 Å². The number of carbonyl (C=O) groups excluding carboxylic acids is 1. The molecule has 0 saturated heterocycles. The van der Waals surface area contributed by atoms with Crippen molar-refractivity contribution in [2.45, 2.75) is 0 Å². The number of rotatable bonds is 6. The zero-order chi connectivity index (χ0) is 18.6. The van der Waals surface area contributed by atoms with Gasteiger partial charge in [-0.3, -0.25) is 4.79 Å².